The van der Waals surface area contributed by atoms with Crippen molar-refractivity contribution in [1.29, 1.82) is 0 Å². The first-order valence-corrected chi connectivity index (χ1v) is 27.3. The summed E-state index contributed by atoms with van der Waals surface area (Å²) in [4.78, 5) is 38.0. The number of allylic oxidation sites excluding steroid dienone is 4. The smallest absolute Gasteiger partial charge is 0.306 e. The van der Waals surface area contributed by atoms with Gasteiger partial charge in [-0.2, -0.15) is 0 Å². The third-order valence-corrected chi connectivity index (χ3v) is 12.2. The van der Waals surface area contributed by atoms with Crippen molar-refractivity contribution in [1.82, 2.24) is 0 Å². The van der Waals surface area contributed by atoms with E-state index in [0.717, 1.165) is 64.2 Å². The largest absolute Gasteiger partial charge is 0.462 e. The Kier molecular flexibility index (Phi) is 49.8. The van der Waals surface area contributed by atoms with E-state index in [0.29, 0.717) is 19.3 Å². The lowest BCUT2D eigenvalue weighted by molar-refractivity contribution is -0.167. The number of hydrogen-bond donors (Lipinski definition) is 0. The van der Waals surface area contributed by atoms with Gasteiger partial charge in [-0.1, -0.05) is 231 Å². The number of unbranched alkanes of at least 4 members (excludes halogenated alkanes) is 35. The summed E-state index contributed by atoms with van der Waals surface area (Å²) in [5.41, 5.74) is 0. The standard InChI is InChI=1S/C56H104O6/c1-4-7-10-13-16-19-22-25-26-27-28-29-30-32-34-37-40-43-46-49-55(58)61-52-53(51-60-54(57)48-45-42-39-36-33-24-21-18-15-12-9-6-3)62-56(59)50-47-44-41-38-35-31-23-20-17-14-11-8-5-2/h20,23,27-28,53H,4-19,21-22,24-26,29-52H2,1-3H3/b23-20-,28-27-/t53-/m1/s1. The quantitative estimate of drug-likeness (QED) is 0.0262. The van der Waals surface area contributed by atoms with Crippen LogP contribution in [0.1, 0.15) is 297 Å². The average molecular weight is 873 g/mol. The minimum absolute atomic E-state index is 0.0721. The molecule has 0 aliphatic heterocycles. The fourth-order valence-electron chi connectivity index (χ4n) is 8.02. The molecule has 0 N–H and O–H groups in total. The maximum atomic E-state index is 12.8. The fourth-order valence-corrected chi connectivity index (χ4v) is 8.02. The lowest BCUT2D eigenvalue weighted by Gasteiger charge is -2.18. The van der Waals surface area contributed by atoms with Crippen LogP contribution in [0.2, 0.25) is 0 Å². The van der Waals surface area contributed by atoms with E-state index < -0.39 is 6.10 Å². The van der Waals surface area contributed by atoms with E-state index in [1.807, 2.05) is 0 Å². The minimum Gasteiger partial charge on any atom is -0.462 e. The molecule has 0 aromatic rings. The summed E-state index contributed by atoms with van der Waals surface area (Å²) in [6.45, 7) is 6.64. The molecule has 0 radical (unpaired) electrons. The SMILES string of the molecule is CCCCCC/C=C\CCCCCCCC(=O)O[C@@H](COC(=O)CCCCCCCCC/C=C\CCCCCCCCCC)COC(=O)CCCCCCCCCCCCCC. The zero-order valence-electron chi connectivity index (χ0n) is 41.7. The molecule has 6 nitrogen and oxygen atoms in total. The molecule has 6 heteroatoms. The highest BCUT2D eigenvalue weighted by molar-refractivity contribution is 5.71. The maximum Gasteiger partial charge on any atom is 0.306 e. The number of esters is 3. The van der Waals surface area contributed by atoms with Gasteiger partial charge in [0.2, 0.25) is 0 Å². The summed E-state index contributed by atoms with van der Waals surface area (Å²) in [6, 6.07) is 0. The monoisotopic (exact) mass is 873 g/mol. The minimum atomic E-state index is -0.772. The third kappa shape index (κ3) is 48.9. The van der Waals surface area contributed by atoms with Gasteiger partial charge < -0.3 is 14.2 Å². The second-order valence-electron chi connectivity index (χ2n) is 18.5. The summed E-state index contributed by atoms with van der Waals surface area (Å²) < 4.78 is 16.8. The number of ether oxygens (including phenoxy) is 3. The molecular formula is C56H104O6. The van der Waals surface area contributed by atoms with Gasteiger partial charge in [-0.3, -0.25) is 14.4 Å². The van der Waals surface area contributed by atoms with Crippen LogP contribution < -0.4 is 0 Å². The molecule has 0 unspecified atom stereocenters. The van der Waals surface area contributed by atoms with Crippen LogP contribution in [0, 0.1) is 0 Å². The van der Waals surface area contributed by atoms with Crippen LogP contribution in [0.25, 0.3) is 0 Å². The van der Waals surface area contributed by atoms with Crippen molar-refractivity contribution in [2.75, 3.05) is 13.2 Å². The molecular weight excluding hydrogens is 769 g/mol. The van der Waals surface area contributed by atoms with Gasteiger partial charge in [0.1, 0.15) is 13.2 Å². The van der Waals surface area contributed by atoms with Crippen molar-refractivity contribution >= 4 is 17.9 Å². The highest BCUT2D eigenvalue weighted by Gasteiger charge is 2.19. The molecule has 0 aliphatic carbocycles. The van der Waals surface area contributed by atoms with Crippen LogP contribution in [0.4, 0.5) is 0 Å². The molecule has 0 aromatic heterocycles. The predicted molar refractivity (Wildman–Crippen MR) is 266 cm³/mol. The Balaban J connectivity index is 4.31. The molecule has 0 heterocycles. The van der Waals surface area contributed by atoms with E-state index in [1.54, 1.807) is 0 Å². The lowest BCUT2D eigenvalue weighted by atomic mass is 10.0. The van der Waals surface area contributed by atoms with Crippen LogP contribution in [0.5, 0.6) is 0 Å². The molecule has 0 fully saturated rings. The Bertz CT molecular complexity index is 1000. The molecule has 0 spiro atoms. The molecule has 0 amide bonds. The van der Waals surface area contributed by atoms with Crippen LogP contribution >= 0.6 is 0 Å². The zero-order chi connectivity index (χ0) is 45.1. The number of carbonyl (C=O) groups excluding carboxylic acids is 3. The summed E-state index contributed by atoms with van der Waals surface area (Å²) in [6.07, 6.45) is 58.8. The first kappa shape index (κ1) is 59.9. The molecule has 0 aliphatic rings. The third-order valence-electron chi connectivity index (χ3n) is 12.2. The lowest BCUT2D eigenvalue weighted by Crippen LogP contribution is -2.30. The van der Waals surface area contributed by atoms with Crippen molar-refractivity contribution in [3.05, 3.63) is 24.3 Å². The Morgan fingerprint density at radius 2 is 0.532 bits per heavy atom. The summed E-state index contributed by atoms with van der Waals surface area (Å²) in [5, 5.41) is 0. The second kappa shape index (κ2) is 51.5. The van der Waals surface area contributed by atoms with E-state index in [2.05, 4.69) is 45.1 Å². The van der Waals surface area contributed by atoms with Gasteiger partial charge in [0.05, 0.1) is 0 Å². The summed E-state index contributed by atoms with van der Waals surface area (Å²) in [7, 11) is 0. The molecule has 0 saturated carbocycles. The molecule has 0 bridgehead atoms. The van der Waals surface area contributed by atoms with E-state index in [4.69, 9.17) is 14.2 Å². The number of hydrogen-bond acceptors (Lipinski definition) is 6. The van der Waals surface area contributed by atoms with Crippen LogP contribution in [-0.4, -0.2) is 37.2 Å². The van der Waals surface area contributed by atoms with Gasteiger partial charge in [-0.05, 0) is 70.6 Å². The van der Waals surface area contributed by atoms with Crippen molar-refractivity contribution < 1.29 is 28.6 Å². The van der Waals surface area contributed by atoms with Crippen LogP contribution in [-0.2, 0) is 28.6 Å². The number of carbonyl (C=O) groups is 3. The Morgan fingerprint density at radius 1 is 0.306 bits per heavy atom. The van der Waals surface area contributed by atoms with Gasteiger partial charge in [-0.25, -0.2) is 0 Å². The van der Waals surface area contributed by atoms with Gasteiger partial charge in [-0.15, -0.1) is 0 Å². The maximum absolute atomic E-state index is 12.8. The average Bonchev–Trinajstić information content (AvgIpc) is 3.27. The Labute approximate surface area is 385 Å². The Morgan fingerprint density at radius 3 is 0.823 bits per heavy atom. The van der Waals surface area contributed by atoms with E-state index in [1.165, 1.54) is 193 Å². The Hall–Kier alpha value is -2.11. The van der Waals surface area contributed by atoms with Crippen molar-refractivity contribution in [2.24, 2.45) is 0 Å². The van der Waals surface area contributed by atoms with Crippen molar-refractivity contribution in [3.8, 4) is 0 Å². The first-order chi connectivity index (χ1) is 30.5. The van der Waals surface area contributed by atoms with Gasteiger partial charge in [0.25, 0.3) is 0 Å². The topological polar surface area (TPSA) is 78.9 Å². The second-order valence-corrected chi connectivity index (χ2v) is 18.5. The van der Waals surface area contributed by atoms with E-state index >= 15 is 0 Å². The molecule has 0 rings (SSSR count). The van der Waals surface area contributed by atoms with Crippen molar-refractivity contribution in [2.45, 2.75) is 303 Å². The van der Waals surface area contributed by atoms with Gasteiger partial charge in [0.15, 0.2) is 6.10 Å². The fraction of sp³-hybridized carbons (Fsp3) is 0.875. The van der Waals surface area contributed by atoms with Gasteiger partial charge in [0, 0.05) is 19.3 Å². The first-order valence-electron chi connectivity index (χ1n) is 27.3. The molecule has 62 heavy (non-hydrogen) atoms. The van der Waals surface area contributed by atoms with Crippen LogP contribution in [0.15, 0.2) is 24.3 Å². The summed E-state index contributed by atoms with van der Waals surface area (Å²) in [5.74, 6) is -0.871. The predicted octanol–water partition coefficient (Wildman–Crippen LogP) is 17.9. The molecule has 0 saturated heterocycles. The normalized spacial score (nSPS) is 12.1. The van der Waals surface area contributed by atoms with E-state index in [9.17, 15) is 14.4 Å². The highest BCUT2D eigenvalue weighted by Crippen LogP contribution is 2.16. The summed E-state index contributed by atoms with van der Waals surface area (Å²) >= 11 is 0. The molecule has 0 aromatic carbocycles. The van der Waals surface area contributed by atoms with E-state index in [-0.39, 0.29) is 31.1 Å². The molecule has 1 atom stereocenters. The zero-order valence-corrected chi connectivity index (χ0v) is 41.7. The highest BCUT2D eigenvalue weighted by atomic mass is 16.6. The van der Waals surface area contributed by atoms with Gasteiger partial charge >= 0.3 is 17.9 Å². The van der Waals surface area contributed by atoms with Crippen LogP contribution in [0.3, 0.4) is 0 Å². The number of rotatable bonds is 50. The molecule has 364 valence electrons. The van der Waals surface area contributed by atoms with Crippen molar-refractivity contribution in [3.63, 3.8) is 0 Å².